The van der Waals surface area contributed by atoms with Crippen molar-refractivity contribution < 1.29 is 5.11 Å². The number of phenolic OH excluding ortho intramolecular Hbond substituents is 1. The molecular weight excluding hydrogens is 244 g/mol. The second kappa shape index (κ2) is 6.76. The molecular formula is C19H20O. The van der Waals surface area contributed by atoms with E-state index in [0.717, 1.165) is 12.8 Å². The van der Waals surface area contributed by atoms with Crippen LogP contribution in [0.2, 0.25) is 0 Å². The van der Waals surface area contributed by atoms with Gasteiger partial charge in [0.2, 0.25) is 0 Å². The first kappa shape index (κ1) is 14.1. The molecule has 2 aromatic rings. The van der Waals surface area contributed by atoms with Gasteiger partial charge in [0.15, 0.2) is 0 Å². The van der Waals surface area contributed by atoms with Crippen molar-refractivity contribution in [3.05, 3.63) is 89.5 Å². The molecule has 0 amide bonds. The second-order valence-corrected chi connectivity index (χ2v) is 5.09. The summed E-state index contributed by atoms with van der Waals surface area (Å²) in [6.45, 7) is 5.85. The lowest BCUT2D eigenvalue weighted by Crippen LogP contribution is -1.92. The van der Waals surface area contributed by atoms with Crippen LogP contribution >= 0.6 is 0 Å². The Labute approximate surface area is 120 Å². The molecule has 0 aromatic heterocycles. The van der Waals surface area contributed by atoms with Gasteiger partial charge in [-0.15, -0.1) is 0 Å². The lowest BCUT2D eigenvalue weighted by atomic mass is 9.99. The number of hydrogen-bond acceptors (Lipinski definition) is 1. The van der Waals surface area contributed by atoms with E-state index in [9.17, 15) is 5.11 Å². The third kappa shape index (κ3) is 4.13. The van der Waals surface area contributed by atoms with Crippen molar-refractivity contribution in [2.45, 2.75) is 19.8 Å². The average Bonchev–Trinajstić information content (AvgIpc) is 2.42. The first-order valence-corrected chi connectivity index (χ1v) is 6.81. The van der Waals surface area contributed by atoms with Gasteiger partial charge >= 0.3 is 0 Å². The third-order valence-corrected chi connectivity index (χ3v) is 3.22. The molecule has 0 heterocycles. The largest absolute Gasteiger partial charge is 0.508 e. The molecule has 1 nitrogen and oxygen atoms in total. The van der Waals surface area contributed by atoms with Crippen LogP contribution in [-0.4, -0.2) is 5.11 Å². The van der Waals surface area contributed by atoms with Crippen molar-refractivity contribution in [2.75, 3.05) is 0 Å². The second-order valence-electron chi connectivity index (χ2n) is 5.09. The molecule has 0 unspecified atom stereocenters. The molecule has 1 heteroatoms. The Morgan fingerprint density at radius 2 is 1.75 bits per heavy atom. The fourth-order valence-corrected chi connectivity index (χ4v) is 2.28. The fraction of sp³-hybridized carbons (Fsp3) is 0.158. The zero-order valence-electron chi connectivity index (χ0n) is 11.8. The minimum Gasteiger partial charge on any atom is -0.508 e. The summed E-state index contributed by atoms with van der Waals surface area (Å²) < 4.78 is 0. The van der Waals surface area contributed by atoms with Gasteiger partial charge in [-0.05, 0) is 48.6 Å². The van der Waals surface area contributed by atoms with Gasteiger partial charge in [-0.3, -0.25) is 0 Å². The van der Waals surface area contributed by atoms with Crippen LogP contribution in [0.1, 0.15) is 23.6 Å². The van der Waals surface area contributed by atoms with Gasteiger partial charge in [-0.25, -0.2) is 0 Å². The molecule has 0 aliphatic rings. The van der Waals surface area contributed by atoms with Crippen LogP contribution in [0.25, 0.3) is 0 Å². The zero-order valence-corrected chi connectivity index (χ0v) is 11.8. The van der Waals surface area contributed by atoms with Crippen LogP contribution in [0.3, 0.4) is 0 Å². The Morgan fingerprint density at radius 3 is 2.45 bits per heavy atom. The molecule has 0 radical (unpaired) electrons. The Hall–Kier alpha value is -2.28. The number of phenols is 1. The van der Waals surface area contributed by atoms with Crippen molar-refractivity contribution in [1.29, 1.82) is 0 Å². The Balaban J connectivity index is 2.11. The highest BCUT2D eigenvalue weighted by Crippen LogP contribution is 2.16. The van der Waals surface area contributed by atoms with Gasteiger partial charge in [-0.2, -0.15) is 0 Å². The summed E-state index contributed by atoms with van der Waals surface area (Å²) in [5.41, 5.74) is 5.12. The van der Waals surface area contributed by atoms with Gasteiger partial charge in [0.05, 0.1) is 0 Å². The summed E-state index contributed by atoms with van der Waals surface area (Å²) in [6.07, 6.45) is 5.72. The van der Waals surface area contributed by atoms with E-state index in [-0.39, 0.29) is 0 Å². The average molecular weight is 264 g/mol. The van der Waals surface area contributed by atoms with Gasteiger partial charge in [0.1, 0.15) is 5.75 Å². The Bertz CT molecular complexity index is 606. The maximum absolute atomic E-state index is 9.30. The predicted octanol–water partition coefficient (Wildman–Crippen LogP) is 4.66. The molecule has 0 fully saturated rings. The molecule has 0 aliphatic heterocycles. The van der Waals surface area contributed by atoms with Crippen LogP contribution in [0.5, 0.6) is 5.75 Å². The van der Waals surface area contributed by atoms with E-state index in [0.29, 0.717) is 5.75 Å². The molecule has 2 aromatic carbocycles. The van der Waals surface area contributed by atoms with E-state index >= 15 is 0 Å². The molecule has 0 saturated carbocycles. The van der Waals surface area contributed by atoms with Crippen molar-refractivity contribution in [1.82, 2.24) is 0 Å². The smallest absolute Gasteiger partial charge is 0.115 e. The third-order valence-electron chi connectivity index (χ3n) is 3.22. The van der Waals surface area contributed by atoms with E-state index < -0.39 is 0 Å². The van der Waals surface area contributed by atoms with E-state index in [1.807, 2.05) is 24.3 Å². The van der Waals surface area contributed by atoms with Crippen molar-refractivity contribution in [3.8, 4) is 5.75 Å². The maximum Gasteiger partial charge on any atom is 0.115 e. The van der Waals surface area contributed by atoms with Crippen molar-refractivity contribution >= 4 is 0 Å². The van der Waals surface area contributed by atoms with Gasteiger partial charge < -0.3 is 5.11 Å². The Morgan fingerprint density at radius 1 is 1.05 bits per heavy atom. The molecule has 20 heavy (non-hydrogen) atoms. The summed E-state index contributed by atoms with van der Waals surface area (Å²) >= 11 is 0. The van der Waals surface area contributed by atoms with Gasteiger partial charge in [-0.1, -0.05) is 60.7 Å². The van der Waals surface area contributed by atoms with Crippen LogP contribution in [0.15, 0.2) is 72.8 Å². The predicted molar refractivity (Wildman–Crippen MR) is 85.0 cm³/mol. The number of hydrogen-bond donors (Lipinski definition) is 1. The molecule has 0 spiro atoms. The number of benzene rings is 2. The minimum absolute atomic E-state index is 0.313. The molecule has 0 bridgehead atoms. The molecule has 102 valence electrons. The highest BCUT2D eigenvalue weighted by Gasteiger charge is 2.00. The standard InChI is InChI=1S/C19H20O/c1-3-5-15(2)12-17-6-4-7-18(14-17)13-16-8-10-19(20)11-9-16/h3-11,14,20H,1,12-13H2,2H3. The lowest BCUT2D eigenvalue weighted by Gasteiger charge is -2.06. The molecule has 0 aliphatic carbocycles. The van der Waals surface area contributed by atoms with E-state index in [1.165, 1.54) is 22.3 Å². The first-order valence-electron chi connectivity index (χ1n) is 6.81. The van der Waals surface area contributed by atoms with Gasteiger partial charge in [0, 0.05) is 0 Å². The summed E-state index contributed by atoms with van der Waals surface area (Å²) in [4.78, 5) is 0. The van der Waals surface area contributed by atoms with Crippen LogP contribution < -0.4 is 0 Å². The van der Waals surface area contributed by atoms with Crippen LogP contribution in [0.4, 0.5) is 0 Å². The summed E-state index contributed by atoms with van der Waals surface area (Å²) in [5.74, 6) is 0.313. The SMILES string of the molecule is C=CC=C(C)Cc1cccc(Cc2ccc(O)cc2)c1. The number of rotatable bonds is 5. The van der Waals surface area contributed by atoms with E-state index in [4.69, 9.17) is 0 Å². The van der Waals surface area contributed by atoms with E-state index in [2.05, 4.69) is 37.8 Å². The summed E-state index contributed by atoms with van der Waals surface area (Å²) in [7, 11) is 0. The van der Waals surface area contributed by atoms with Gasteiger partial charge in [0.25, 0.3) is 0 Å². The highest BCUT2D eigenvalue weighted by atomic mass is 16.3. The first-order chi connectivity index (χ1) is 9.67. The summed E-state index contributed by atoms with van der Waals surface area (Å²) in [5, 5.41) is 9.30. The quantitative estimate of drug-likeness (QED) is 0.779. The number of allylic oxidation sites excluding steroid dienone is 3. The normalized spacial score (nSPS) is 11.3. The molecule has 2 rings (SSSR count). The molecule has 1 N–H and O–H groups in total. The topological polar surface area (TPSA) is 20.2 Å². The number of aromatic hydroxyl groups is 1. The Kier molecular flexibility index (Phi) is 4.78. The molecule has 0 atom stereocenters. The van der Waals surface area contributed by atoms with Crippen molar-refractivity contribution in [2.24, 2.45) is 0 Å². The maximum atomic E-state index is 9.30. The monoisotopic (exact) mass is 264 g/mol. The van der Waals surface area contributed by atoms with E-state index in [1.54, 1.807) is 12.1 Å². The van der Waals surface area contributed by atoms with Crippen LogP contribution in [0, 0.1) is 0 Å². The fourth-order valence-electron chi connectivity index (χ4n) is 2.28. The highest BCUT2D eigenvalue weighted by molar-refractivity contribution is 5.33. The summed E-state index contributed by atoms with van der Waals surface area (Å²) in [6, 6.07) is 16.0. The van der Waals surface area contributed by atoms with Crippen LogP contribution in [-0.2, 0) is 12.8 Å². The van der Waals surface area contributed by atoms with Crippen molar-refractivity contribution in [3.63, 3.8) is 0 Å². The lowest BCUT2D eigenvalue weighted by molar-refractivity contribution is 0.475. The zero-order chi connectivity index (χ0) is 14.4. The minimum atomic E-state index is 0.313. The molecule has 0 saturated heterocycles.